The SMILES string of the molecule is O=C(C1CC1)[C@@]1(Cn2c(-c3ccc(-c4ccc5[nH]ncc5c4)cc3)nc3cccc(C(F)(F)F)c32)CCNC1. The van der Waals surface area contributed by atoms with Gasteiger partial charge in [-0.2, -0.15) is 18.3 Å². The van der Waals surface area contributed by atoms with E-state index in [1.54, 1.807) is 16.8 Å². The number of Topliss-reactive ketones (excluding diaryl/α,β-unsaturated/α-hetero) is 1. The number of alkyl halides is 3. The Morgan fingerprint density at radius 3 is 2.51 bits per heavy atom. The predicted molar refractivity (Wildman–Crippen MR) is 143 cm³/mol. The summed E-state index contributed by atoms with van der Waals surface area (Å²) in [5.41, 5.74) is 2.45. The molecule has 2 N–H and O–H groups in total. The molecule has 9 heteroatoms. The van der Waals surface area contributed by atoms with Gasteiger partial charge in [-0.1, -0.05) is 36.4 Å². The Morgan fingerprint density at radius 1 is 1.03 bits per heavy atom. The predicted octanol–water partition coefficient (Wildman–Crippen LogP) is 6.22. The van der Waals surface area contributed by atoms with Gasteiger partial charge in [-0.3, -0.25) is 9.89 Å². The third-order valence-electron chi connectivity index (χ3n) is 8.16. The van der Waals surface area contributed by atoms with Crippen molar-refractivity contribution in [2.45, 2.75) is 32.0 Å². The fraction of sp³-hybridized carbons (Fsp3) is 0.300. The first-order valence-corrected chi connectivity index (χ1v) is 13.2. The van der Waals surface area contributed by atoms with Crippen molar-refractivity contribution < 1.29 is 18.0 Å². The molecule has 39 heavy (non-hydrogen) atoms. The highest BCUT2D eigenvalue weighted by Crippen LogP contribution is 2.44. The van der Waals surface area contributed by atoms with Gasteiger partial charge in [0.1, 0.15) is 11.6 Å². The van der Waals surface area contributed by atoms with Crippen molar-refractivity contribution >= 4 is 27.7 Å². The number of imidazole rings is 1. The molecule has 1 aliphatic heterocycles. The number of halogens is 3. The van der Waals surface area contributed by atoms with Crippen LogP contribution < -0.4 is 5.32 Å². The van der Waals surface area contributed by atoms with Crippen LogP contribution in [-0.2, 0) is 17.5 Å². The Labute approximate surface area is 222 Å². The van der Waals surface area contributed by atoms with Crippen LogP contribution in [-0.4, -0.2) is 38.6 Å². The van der Waals surface area contributed by atoms with Crippen LogP contribution in [0.3, 0.4) is 0 Å². The van der Waals surface area contributed by atoms with E-state index in [9.17, 15) is 18.0 Å². The van der Waals surface area contributed by atoms with Gasteiger partial charge in [-0.15, -0.1) is 0 Å². The van der Waals surface area contributed by atoms with E-state index in [0.29, 0.717) is 30.9 Å². The summed E-state index contributed by atoms with van der Waals surface area (Å²) in [4.78, 5) is 18.2. The number of para-hydroxylation sites is 1. The first-order valence-electron chi connectivity index (χ1n) is 13.2. The second-order valence-corrected chi connectivity index (χ2v) is 10.8. The Balaban J connectivity index is 1.36. The topological polar surface area (TPSA) is 75.6 Å². The maximum atomic E-state index is 14.2. The van der Waals surface area contributed by atoms with E-state index in [0.717, 1.165) is 40.9 Å². The van der Waals surface area contributed by atoms with Gasteiger partial charge in [-0.25, -0.2) is 4.98 Å². The minimum Gasteiger partial charge on any atom is -0.322 e. The summed E-state index contributed by atoms with van der Waals surface area (Å²) in [5.74, 6) is 0.611. The summed E-state index contributed by atoms with van der Waals surface area (Å²) in [6, 6.07) is 17.8. The number of aromatic amines is 1. The largest absolute Gasteiger partial charge is 0.418 e. The highest BCUT2D eigenvalue weighted by molar-refractivity contribution is 5.91. The second kappa shape index (κ2) is 8.77. The van der Waals surface area contributed by atoms with Crippen molar-refractivity contribution in [1.82, 2.24) is 25.1 Å². The molecule has 0 radical (unpaired) electrons. The van der Waals surface area contributed by atoms with Crippen LogP contribution in [0.1, 0.15) is 24.8 Å². The standard InChI is InChI=1S/C30H26F3N5O/c31-30(32,33)23-2-1-3-25-26(23)38(17-29(12-13-34-16-29)27(39)19-6-7-19)28(36-25)20-8-4-18(5-9-20)21-10-11-24-22(14-21)15-35-37-24/h1-5,8-11,14-15,19,34H,6-7,12-13,16-17H2,(H,35,37)/t29-/m0/s1. The zero-order valence-corrected chi connectivity index (χ0v) is 21.1. The van der Waals surface area contributed by atoms with Crippen molar-refractivity contribution in [3.05, 3.63) is 72.4 Å². The number of hydrogen-bond donors (Lipinski definition) is 2. The van der Waals surface area contributed by atoms with Crippen LogP contribution in [0, 0.1) is 11.3 Å². The Kier molecular flexibility index (Phi) is 5.42. The van der Waals surface area contributed by atoms with Crippen LogP contribution in [0.25, 0.3) is 44.5 Å². The summed E-state index contributed by atoms with van der Waals surface area (Å²) in [6.45, 7) is 1.29. The smallest absolute Gasteiger partial charge is 0.322 e. The lowest BCUT2D eigenvalue weighted by atomic mass is 9.80. The molecule has 1 aliphatic carbocycles. The molecule has 1 saturated heterocycles. The second-order valence-electron chi connectivity index (χ2n) is 10.8. The van der Waals surface area contributed by atoms with E-state index in [-0.39, 0.29) is 29.3 Å². The minimum atomic E-state index is -4.55. The van der Waals surface area contributed by atoms with E-state index < -0.39 is 17.2 Å². The van der Waals surface area contributed by atoms with E-state index in [1.165, 1.54) is 6.07 Å². The van der Waals surface area contributed by atoms with Gasteiger partial charge in [0.25, 0.3) is 0 Å². The zero-order chi connectivity index (χ0) is 26.8. The molecule has 2 fully saturated rings. The van der Waals surface area contributed by atoms with Crippen LogP contribution in [0.15, 0.2) is 66.9 Å². The summed E-state index contributed by atoms with van der Waals surface area (Å²) < 4.78 is 44.3. The number of hydrogen-bond acceptors (Lipinski definition) is 4. The number of ketones is 1. The summed E-state index contributed by atoms with van der Waals surface area (Å²) in [6.07, 6.45) is -0.461. The molecule has 7 rings (SSSR count). The van der Waals surface area contributed by atoms with Gasteiger partial charge in [-0.05, 0) is 61.2 Å². The van der Waals surface area contributed by atoms with Gasteiger partial charge >= 0.3 is 6.18 Å². The summed E-state index contributed by atoms with van der Waals surface area (Å²) in [7, 11) is 0. The van der Waals surface area contributed by atoms with E-state index in [2.05, 4.69) is 15.5 Å². The average Bonchev–Trinajstić information content (AvgIpc) is 3.31. The van der Waals surface area contributed by atoms with Crippen molar-refractivity contribution in [2.24, 2.45) is 11.3 Å². The Bertz CT molecular complexity index is 1710. The van der Waals surface area contributed by atoms with E-state index >= 15 is 0 Å². The monoisotopic (exact) mass is 529 g/mol. The maximum Gasteiger partial charge on any atom is 0.418 e. The molecular formula is C30H26F3N5O. The number of nitrogens with zero attached hydrogens (tertiary/aromatic N) is 3. The molecule has 0 amide bonds. The van der Waals surface area contributed by atoms with Gasteiger partial charge in [0.2, 0.25) is 0 Å². The molecule has 5 aromatic rings. The number of rotatable bonds is 6. The number of carbonyl (C=O) groups is 1. The average molecular weight is 530 g/mol. The quantitative estimate of drug-likeness (QED) is 0.274. The first-order chi connectivity index (χ1) is 18.8. The number of nitrogens with one attached hydrogen (secondary N) is 2. The molecule has 6 nitrogen and oxygen atoms in total. The highest BCUT2D eigenvalue weighted by Gasteiger charge is 2.48. The first kappa shape index (κ1) is 24.1. The number of carbonyl (C=O) groups excluding carboxylic acids is 1. The molecule has 2 aliphatic rings. The molecule has 1 saturated carbocycles. The van der Waals surface area contributed by atoms with Crippen LogP contribution in [0.5, 0.6) is 0 Å². The lowest BCUT2D eigenvalue weighted by molar-refractivity contribution is -0.136. The Hall–Kier alpha value is -3.98. The van der Waals surface area contributed by atoms with E-state index in [4.69, 9.17) is 4.98 Å². The van der Waals surface area contributed by atoms with E-state index in [1.807, 2.05) is 42.5 Å². The summed E-state index contributed by atoms with van der Waals surface area (Å²) >= 11 is 0. The Morgan fingerprint density at radius 2 is 1.79 bits per heavy atom. The fourth-order valence-electron chi connectivity index (χ4n) is 5.97. The van der Waals surface area contributed by atoms with Crippen LogP contribution in [0.2, 0.25) is 0 Å². The molecule has 198 valence electrons. The van der Waals surface area contributed by atoms with Gasteiger partial charge in [0.05, 0.1) is 33.7 Å². The number of H-pyrrole nitrogens is 1. The van der Waals surface area contributed by atoms with Gasteiger partial charge in [0.15, 0.2) is 0 Å². The molecule has 0 unspecified atom stereocenters. The molecule has 3 aromatic carbocycles. The normalized spacial score (nSPS) is 19.8. The third kappa shape index (κ3) is 4.12. The third-order valence-corrected chi connectivity index (χ3v) is 8.16. The molecule has 2 aromatic heterocycles. The fourth-order valence-corrected chi connectivity index (χ4v) is 5.97. The zero-order valence-electron chi connectivity index (χ0n) is 21.1. The number of aromatic nitrogens is 4. The molecule has 0 spiro atoms. The van der Waals surface area contributed by atoms with Crippen LogP contribution >= 0.6 is 0 Å². The van der Waals surface area contributed by atoms with Crippen molar-refractivity contribution in [3.63, 3.8) is 0 Å². The van der Waals surface area contributed by atoms with Gasteiger partial charge in [0, 0.05) is 30.0 Å². The van der Waals surface area contributed by atoms with Crippen molar-refractivity contribution in [3.8, 4) is 22.5 Å². The molecule has 0 bridgehead atoms. The molecule has 1 atom stereocenters. The van der Waals surface area contributed by atoms with Crippen molar-refractivity contribution in [1.29, 1.82) is 0 Å². The lowest BCUT2D eigenvalue weighted by Crippen LogP contribution is -2.39. The highest BCUT2D eigenvalue weighted by atomic mass is 19.4. The van der Waals surface area contributed by atoms with Crippen LogP contribution in [0.4, 0.5) is 13.2 Å². The lowest BCUT2D eigenvalue weighted by Gasteiger charge is -2.29. The minimum absolute atomic E-state index is 0.0112. The number of fused-ring (bicyclic) bond motifs is 2. The van der Waals surface area contributed by atoms with Crippen molar-refractivity contribution in [2.75, 3.05) is 13.1 Å². The van der Waals surface area contributed by atoms with Gasteiger partial charge < -0.3 is 9.88 Å². The maximum absolute atomic E-state index is 14.2. The molecule has 3 heterocycles. The molecular weight excluding hydrogens is 503 g/mol. The number of benzene rings is 3. The summed E-state index contributed by atoms with van der Waals surface area (Å²) in [5, 5.41) is 11.3.